The molecule has 0 radical (unpaired) electrons. The molecule has 1 unspecified atom stereocenters. The Morgan fingerprint density at radius 3 is 2.72 bits per heavy atom. The van der Waals surface area contributed by atoms with Crippen molar-refractivity contribution in [3.05, 3.63) is 18.2 Å². The Morgan fingerprint density at radius 1 is 1.44 bits per heavy atom. The van der Waals surface area contributed by atoms with Gasteiger partial charge in [0.05, 0.1) is 18.1 Å². The Kier molecular flexibility index (Phi) is 3.76. The Hall–Kier alpha value is -1.28. The van der Waals surface area contributed by atoms with Crippen LogP contribution in [-0.2, 0) is 10.0 Å². The molecule has 1 aliphatic heterocycles. The Bertz CT molecular complexity index is 505. The van der Waals surface area contributed by atoms with E-state index in [1.807, 2.05) is 4.90 Å². The van der Waals surface area contributed by atoms with Gasteiger partial charge in [-0.1, -0.05) is 0 Å². The molecule has 1 aromatic rings. The van der Waals surface area contributed by atoms with Gasteiger partial charge in [-0.25, -0.2) is 27.9 Å². The standard InChI is InChI=1S/C10H15FN4O2S/c11-9-4-13-10(14-5-9)15-3-1-2-8(6-15)7-18(12,16)17/h4-5,8H,1-3,6-7H2,(H2,12,16,17). The van der Waals surface area contributed by atoms with Crippen molar-refractivity contribution in [2.24, 2.45) is 11.1 Å². The van der Waals surface area contributed by atoms with Gasteiger partial charge in [-0.3, -0.25) is 0 Å². The lowest BCUT2D eigenvalue weighted by Crippen LogP contribution is -2.40. The van der Waals surface area contributed by atoms with E-state index >= 15 is 0 Å². The van der Waals surface area contributed by atoms with Crippen molar-refractivity contribution in [3.8, 4) is 0 Å². The van der Waals surface area contributed by atoms with E-state index in [4.69, 9.17) is 5.14 Å². The molecule has 1 fully saturated rings. The molecule has 0 bridgehead atoms. The molecule has 8 heteroatoms. The molecular weight excluding hydrogens is 259 g/mol. The molecule has 0 aliphatic carbocycles. The highest BCUT2D eigenvalue weighted by atomic mass is 32.2. The van der Waals surface area contributed by atoms with Crippen LogP contribution in [0.2, 0.25) is 0 Å². The number of nitrogens with two attached hydrogens (primary N) is 1. The van der Waals surface area contributed by atoms with Crippen molar-refractivity contribution in [2.45, 2.75) is 12.8 Å². The average molecular weight is 274 g/mol. The lowest BCUT2D eigenvalue weighted by Gasteiger charge is -2.32. The summed E-state index contributed by atoms with van der Waals surface area (Å²) in [6.07, 6.45) is 3.87. The van der Waals surface area contributed by atoms with Crippen molar-refractivity contribution in [1.82, 2.24) is 9.97 Å². The number of piperidine rings is 1. The van der Waals surface area contributed by atoms with Gasteiger partial charge in [0.2, 0.25) is 16.0 Å². The van der Waals surface area contributed by atoms with E-state index in [9.17, 15) is 12.8 Å². The maximum absolute atomic E-state index is 12.7. The number of halogens is 1. The van der Waals surface area contributed by atoms with Gasteiger partial charge in [-0.15, -0.1) is 0 Å². The highest BCUT2D eigenvalue weighted by Crippen LogP contribution is 2.20. The molecule has 6 nitrogen and oxygen atoms in total. The Morgan fingerprint density at radius 2 is 2.11 bits per heavy atom. The monoisotopic (exact) mass is 274 g/mol. The van der Waals surface area contributed by atoms with Gasteiger partial charge in [0.25, 0.3) is 0 Å². The number of nitrogens with zero attached hydrogens (tertiary/aromatic N) is 3. The summed E-state index contributed by atoms with van der Waals surface area (Å²) < 4.78 is 34.8. The van der Waals surface area contributed by atoms with Gasteiger partial charge >= 0.3 is 0 Å². The number of primary sulfonamides is 1. The summed E-state index contributed by atoms with van der Waals surface area (Å²) in [6.45, 7) is 1.27. The normalized spacial score (nSPS) is 21.0. The molecule has 1 saturated heterocycles. The molecule has 2 N–H and O–H groups in total. The van der Waals surface area contributed by atoms with Crippen molar-refractivity contribution in [1.29, 1.82) is 0 Å². The molecule has 18 heavy (non-hydrogen) atoms. The Balaban J connectivity index is 2.04. The molecule has 0 aromatic carbocycles. The number of rotatable bonds is 3. The predicted octanol–water partition coefficient (Wildman–Crippen LogP) is 0.121. The fourth-order valence-electron chi connectivity index (χ4n) is 2.18. The van der Waals surface area contributed by atoms with E-state index in [1.165, 1.54) is 0 Å². The van der Waals surface area contributed by atoms with Crippen LogP contribution < -0.4 is 10.0 Å². The zero-order valence-corrected chi connectivity index (χ0v) is 10.6. The summed E-state index contributed by atoms with van der Waals surface area (Å²) in [5.74, 6) is -0.125. The smallest absolute Gasteiger partial charge is 0.225 e. The summed E-state index contributed by atoms with van der Waals surface area (Å²) >= 11 is 0. The first kappa shape index (κ1) is 13.2. The van der Waals surface area contributed by atoms with Crippen molar-refractivity contribution in [2.75, 3.05) is 23.7 Å². The quantitative estimate of drug-likeness (QED) is 0.845. The van der Waals surface area contributed by atoms with E-state index in [2.05, 4.69) is 9.97 Å². The van der Waals surface area contributed by atoms with Gasteiger partial charge < -0.3 is 4.90 Å². The van der Waals surface area contributed by atoms with E-state index in [0.717, 1.165) is 31.8 Å². The van der Waals surface area contributed by atoms with E-state index in [0.29, 0.717) is 12.5 Å². The second kappa shape index (κ2) is 5.15. The summed E-state index contributed by atoms with van der Waals surface area (Å²) in [5, 5.41) is 5.04. The molecule has 100 valence electrons. The lowest BCUT2D eigenvalue weighted by atomic mass is 10.0. The number of hydrogen-bond acceptors (Lipinski definition) is 5. The maximum atomic E-state index is 12.7. The number of hydrogen-bond donors (Lipinski definition) is 1. The van der Waals surface area contributed by atoms with Gasteiger partial charge in [-0.05, 0) is 18.8 Å². The van der Waals surface area contributed by atoms with Crippen LogP contribution in [-0.4, -0.2) is 37.2 Å². The van der Waals surface area contributed by atoms with Crippen molar-refractivity contribution in [3.63, 3.8) is 0 Å². The number of sulfonamides is 1. The molecule has 2 rings (SSSR count). The van der Waals surface area contributed by atoms with Crippen LogP contribution in [0.1, 0.15) is 12.8 Å². The first-order valence-electron chi connectivity index (χ1n) is 5.67. The predicted molar refractivity (Wildman–Crippen MR) is 64.9 cm³/mol. The molecule has 1 atom stereocenters. The second-order valence-corrected chi connectivity index (χ2v) is 6.14. The summed E-state index contributed by atoms with van der Waals surface area (Å²) in [5.41, 5.74) is 0. The van der Waals surface area contributed by atoms with E-state index < -0.39 is 15.8 Å². The van der Waals surface area contributed by atoms with Crippen LogP contribution in [0.4, 0.5) is 10.3 Å². The first-order valence-corrected chi connectivity index (χ1v) is 7.38. The number of anilines is 1. The highest BCUT2D eigenvalue weighted by Gasteiger charge is 2.24. The first-order chi connectivity index (χ1) is 8.44. The van der Waals surface area contributed by atoms with Crippen LogP contribution in [0.25, 0.3) is 0 Å². The second-order valence-electron chi connectivity index (χ2n) is 4.49. The zero-order valence-electron chi connectivity index (χ0n) is 9.79. The largest absolute Gasteiger partial charge is 0.341 e. The van der Waals surface area contributed by atoms with Crippen LogP contribution in [0.3, 0.4) is 0 Å². The summed E-state index contributed by atoms with van der Waals surface area (Å²) in [6, 6.07) is 0. The molecule has 0 spiro atoms. The third kappa shape index (κ3) is 3.61. The van der Waals surface area contributed by atoms with Gasteiger partial charge in [-0.2, -0.15) is 0 Å². The minimum Gasteiger partial charge on any atom is -0.341 e. The van der Waals surface area contributed by atoms with E-state index in [-0.39, 0.29) is 11.7 Å². The van der Waals surface area contributed by atoms with Crippen LogP contribution in [0, 0.1) is 11.7 Å². The lowest BCUT2D eigenvalue weighted by molar-refractivity contribution is 0.438. The fraction of sp³-hybridized carbons (Fsp3) is 0.600. The van der Waals surface area contributed by atoms with Crippen molar-refractivity contribution >= 4 is 16.0 Å². The van der Waals surface area contributed by atoms with Crippen molar-refractivity contribution < 1.29 is 12.8 Å². The van der Waals surface area contributed by atoms with Crippen LogP contribution in [0.5, 0.6) is 0 Å². The third-order valence-electron chi connectivity index (χ3n) is 2.88. The minimum atomic E-state index is -3.46. The minimum absolute atomic E-state index is 0.0256. The average Bonchev–Trinajstić information content (AvgIpc) is 2.28. The third-order valence-corrected chi connectivity index (χ3v) is 3.81. The highest BCUT2D eigenvalue weighted by molar-refractivity contribution is 7.89. The molecule has 1 aliphatic rings. The zero-order chi connectivity index (χ0) is 13.2. The topological polar surface area (TPSA) is 89.2 Å². The number of aromatic nitrogens is 2. The SMILES string of the molecule is NS(=O)(=O)CC1CCCN(c2ncc(F)cn2)C1. The fourth-order valence-corrected chi connectivity index (χ4v) is 3.11. The Labute approximate surface area is 105 Å². The molecule has 2 heterocycles. The summed E-state index contributed by atoms with van der Waals surface area (Å²) in [4.78, 5) is 9.64. The molecule has 0 saturated carbocycles. The molecule has 0 amide bonds. The van der Waals surface area contributed by atoms with Gasteiger partial charge in [0.1, 0.15) is 0 Å². The van der Waals surface area contributed by atoms with Gasteiger partial charge in [0.15, 0.2) is 5.82 Å². The molecule has 1 aromatic heterocycles. The van der Waals surface area contributed by atoms with E-state index in [1.54, 1.807) is 0 Å². The molecular formula is C10H15FN4O2S. The van der Waals surface area contributed by atoms with Crippen LogP contribution in [0.15, 0.2) is 12.4 Å². The van der Waals surface area contributed by atoms with Crippen LogP contribution >= 0.6 is 0 Å². The summed E-state index contributed by atoms with van der Waals surface area (Å²) in [7, 11) is -3.46. The maximum Gasteiger partial charge on any atom is 0.225 e. The van der Waals surface area contributed by atoms with Gasteiger partial charge in [0, 0.05) is 13.1 Å².